The van der Waals surface area contributed by atoms with E-state index in [1.165, 1.54) is 6.20 Å². The smallest absolute Gasteiger partial charge is 0.331 e. The van der Waals surface area contributed by atoms with Gasteiger partial charge < -0.3 is 5.11 Å². The second-order valence-corrected chi connectivity index (χ2v) is 3.17. The van der Waals surface area contributed by atoms with Crippen LogP contribution in [0, 0.1) is 6.92 Å². The summed E-state index contributed by atoms with van der Waals surface area (Å²) >= 11 is 0. The molecule has 6 nitrogen and oxygen atoms in total. The summed E-state index contributed by atoms with van der Waals surface area (Å²) in [5.41, 5.74) is -0.600. The number of carboxylic acid groups (broad SMARTS) is 1. The number of aliphatic carboxylic acids is 1. The van der Waals surface area contributed by atoms with E-state index in [1.807, 2.05) is 0 Å². The first-order chi connectivity index (χ1) is 6.97. The molecule has 1 aromatic rings. The summed E-state index contributed by atoms with van der Waals surface area (Å²) < 4.78 is 2.03. The van der Waals surface area contributed by atoms with Crippen molar-refractivity contribution in [2.75, 3.05) is 0 Å². The molecule has 1 aromatic heterocycles. The van der Waals surface area contributed by atoms with Gasteiger partial charge in [-0.15, -0.1) is 0 Å². The molecule has 1 rings (SSSR count). The van der Waals surface area contributed by atoms with Crippen molar-refractivity contribution in [3.63, 3.8) is 0 Å². The van der Waals surface area contributed by atoms with E-state index in [9.17, 15) is 14.4 Å². The second-order valence-electron chi connectivity index (χ2n) is 3.17. The van der Waals surface area contributed by atoms with Crippen LogP contribution in [0.15, 0.2) is 15.8 Å². The van der Waals surface area contributed by atoms with Crippen LogP contribution in [0.5, 0.6) is 0 Å². The van der Waals surface area contributed by atoms with Crippen molar-refractivity contribution >= 4 is 5.97 Å². The summed E-state index contributed by atoms with van der Waals surface area (Å²) in [7, 11) is 0. The fourth-order valence-electron chi connectivity index (χ4n) is 1.34. The third-order valence-corrected chi connectivity index (χ3v) is 2.03. The van der Waals surface area contributed by atoms with Gasteiger partial charge in [-0.25, -0.2) is 4.79 Å². The minimum absolute atomic E-state index is 0.235. The largest absolute Gasteiger partial charge is 0.480 e. The Morgan fingerprint density at radius 3 is 2.53 bits per heavy atom. The number of aromatic nitrogens is 2. The van der Waals surface area contributed by atoms with Crippen LogP contribution in [0.4, 0.5) is 0 Å². The van der Waals surface area contributed by atoms with Crippen LogP contribution in [0.25, 0.3) is 0 Å². The van der Waals surface area contributed by atoms with Crippen LogP contribution in [-0.4, -0.2) is 20.2 Å². The molecular formula is C9H12N2O4. The van der Waals surface area contributed by atoms with Crippen LogP contribution in [0.1, 0.15) is 12.5 Å². The van der Waals surface area contributed by atoms with Crippen molar-refractivity contribution < 1.29 is 9.90 Å². The molecule has 0 aliphatic rings. The highest BCUT2D eigenvalue weighted by Gasteiger charge is 2.09. The molecule has 0 bridgehead atoms. The summed E-state index contributed by atoms with van der Waals surface area (Å²) in [5, 5.41) is 8.57. The van der Waals surface area contributed by atoms with E-state index in [4.69, 9.17) is 5.11 Å². The molecule has 0 unspecified atom stereocenters. The van der Waals surface area contributed by atoms with Crippen molar-refractivity contribution in [3.8, 4) is 0 Å². The second kappa shape index (κ2) is 4.12. The number of nitrogens with zero attached hydrogens (tertiary/aromatic N) is 2. The third kappa shape index (κ3) is 2.15. The monoisotopic (exact) mass is 212 g/mol. The molecule has 82 valence electrons. The van der Waals surface area contributed by atoms with E-state index < -0.39 is 18.2 Å². The summed E-state index contributed by atoms with van der Waals surface area (Å²) in [6, 6.07) is 0. The molecule has 6 heteroatoms. The molecule has 0 amide bonds. The summed E-state index contributed by atoms with van der Waals surface area (Å²) in [6.45, 7) is 3.01. The predicted octanol–water partition coefficient (Wildman–Crippen LogP) is -0.577. The van der Waals surface area contributed by atoms with Crippen LogP contribution >= 0.6 is 0 Å². The fraction of sp³-hybridized carbons (Fsp3) is 0.444. The SMILES string of the molecule is CCn1c(=O)c(C)cn(CC(=O)O)c1=O. The summed E-state index contributed by atoms with van der Waals surface area (Å²) in [6.07, 6.45) is 1.27. The molecule has 0 aromatic carbocycles. The Morgan fingerprint density at radius 1 is 1.47 bits per heavy atom. The van der Waals surface area contributed by atoms with Crippen LogP contribution in [0.3, 0.4) is 0 Å². The number of aryl methyl sites for hydroxylation is 1. The standard InChI is InChI=1S/C9H12N2O4/c1-3-11-8(14)6(2)4-10(9(11)15)5-7(12)13/h4H,3,5H2,1-2H3,(H,12,13). The number of carbonyl (C=O) groups is 1. The Hall–Kier alpha value is -1.85. The Labute approximate surface area is 85.4 Å². The maximum absolute atomic E-state index is 11.6. The van der Waals surface area contributed by atoms with Gasteiger partial charge in [0.2, 0.25) is 0 Å². The van der Waals surface area contributed by atoms with Crippen molar-refractivity contribution in [3.05, 3.63) is 32.6 Å². The maximum atomic E-state index is 11.6. The van der Waals surface area contributed by atoms with Gasteiger partial charge in [0.15, 0.2) is 0 Å². The number of rotatable bonds is 3. The molecular weight excluding hydrogens is 200 g/mol. The van der Waals surface area contributed by atoms with Crippen molar-refractivity contribution in [1.82, 2.24) is 9.13 Å². The lowest BCUT2D eigenvalue weighted by Crippen LogP contribution is -2.41. The molecule has 1 N–H and O–H groups in total. The van der Waals surface area contributed by atoms with Gasteiger partial charge in [-0.1, -0.05) is 0 Å². The van der Waals surface area contributed by atoms with Gasteiger partial charge in [0.05, 0.1) is 0 Å². The van der Waals surface area contributed by atoms with E-state index in [1.54, 1.807) is 13.8 Å². The Kier molecular flexibility index (Phi) is 3.08. The first-order valence-electron chi connectivity index (χ1n) is 4.50. The van der Waals surface area contributed by atoms with Gasteiger partial charge in [-0.05, 0) is 13.8 Å². The average Bonchev–Trinajstić information content (AvgIpc) is 2.14. The molecule has 0 radical (unpaired) electrons. The van der Waals surface area contributed by atoms with Crippen molar-refractivity contribution in [1.29, 1.82) is 0 Å². The zero-order chi connectivity index (χ0) is 11.6. The van der Waals surface area contributed by atoms with Gasteiger partial charge in [-0.2, -0.15) is 0 Å². The summed E-state index contributed by atoms with van der Waals surface area (Å²) in [4.78, 5) is 33.5. The van der Waals surface area contributed by atoms with Crippen LogP contribution in [0.2, 0.25) is 0 Å². The Bertz CT molecular complexity index is 498. The summed E-state index contributed by atoms with van der Waals surface area (Å²) in [5.74, 6) is -1.11. The van der Waals surface area contributed by atoms with E-state index >= 15 is 0 Å². The molecule has 1 heterocycles. The molecule has 0 saturated carbocycles. The lowest BCUT2D eigenvalue weighted by molar-refractivity contribution is -0.137. The molecule has 0 fully saturated rings. The lowest BCUT2D eigenvalue weighted by Gasteiger charge is -2.07. The molecule has 0 spiro atoms. The molecule has 15 heavy (non-hydrogen) atoms. The number of carboxylic acids is 1. The minimum Gasteiger partial charge on any atom is -0.480 e. The van der Waals surface area contributed by atoms with E-state index in [-0.39, 0.29) is 12.1 Å². The molecule has 0 aliphatic heterocycles. The Morgan fingerprint density at radius 2 is 2.07 bits per heavy atom. The van der Waals surface area contributed by atoms with Gasteiger partial charge in [0, 0.05) is 18.3 Å². The minimum atomic E-state index is -1.11. The van der Waals surface area contributed by atoms with Gasteiger partial charge in [-0.3, -0.25) is 18.7 Å². The maximum Gasteiger partial charge on any atom is 0.331 e. The first kappa shape index (κ1) is 11.2. The van der Waals surface area contributed by atoms with Crippen molar-refractivity contribution in [2.24, 2.45) is 0 Å². The van der Waals surface area contributed by atoms with Crippen LogP contribution < -0.4 is 11.2 Å². The van der Waals surface area contributed by atoms with Gasteiger partial charge >= 0.3 is 11.7 Å². The highest BCUT2D eigenvalue weighted by Crippen LogP contribution is 1.87. The molecule has 0 saturated heterocycles. The van der Waals surface area contributed by atoms with E-state index in [0.717, 1.165) is 9.13 Å². The van der Waals surface area contributed by atoms with E-state index in [0.29, 0.717) is 5.56 Å². The quantitative estimate of drug-likeness (QED) is 0.727. The van der Waals surface area contributed by atoms with Crippen molar-refractivity contribution in [2.45, 2.75) is 26.9 Å². The zero-order valence-electron chi connectivity index (χ0n) is 8.56. The van der Waals surface area contributed by atoms with Gasteiger partial charge in [0.25, 0.3) is 5.56 Å². The lowest BCUT2D eigenvalue weighted by atomic mass is 10.3. The normalized spacial score (nSPS) is 10.3. The Balaban J connectivity index is 3.44. The highest BCUT2D eigenvalue weighted by atomic mass is 16.4. The molecule has 0 aliphatic carbocycles. The first-order valence-corrected chi connectivity index (χ1v) is 4.50. The number of hydrogen-bond acceptors (Lipinski definition) is 3. The number of hydrogen-bond donors (Lipinski definition) is 1. The average molecular weight is 212 g/mol. The third-order valence-electron chi connectivity index (χ3n) is 2.03. The topological polar surface area (TPSA) is 81.3 Å². The fourth-order valence-corrected chi connectivity index (χ4v) is 1.34. The van der Waals surface area contributed by atoms with Crippen LogP contribution in [-0.2, 0) is 17.9 Å². The zero-order valence-corrected chi connectivity index (χ0v) is 8.56. The predicted molar refractivity (Wildman–Crippen MR) is 53.0 cm³/mol. The highest BCUT2D eigenvalue weighted by molar-refractivity contribution is 5.66. The van der Waals surface area contributed by atoms with Gasteiger partial charge in [0.1, 0.15) is 6.54 Å². The molecule has 0 atom stereocenters. The van der Waals surface area contributed by atoms with E-state index in [2.05, 4.69) is 0 Å².